The van der Waals surface area contributed by atoms with Crippen LogP contribution in [0.4, 0.5) is 0 Å². The van der Waals surface area contributed by atoms with E-state index < -0.39 is 0 Å². The van der Waals surface area contributed by atoms with Crippen LogP contribution < -0.4 is 0 Å². The summed E-state index contributed by atoms with van der Waals surface area (Å²) in [5.74, 6) is 1.92. The molecule has 0 saturated carbocycles. The lowest BCUT2D eigenvalue weighted by Crippen LogP contribution is -2.16. The third-order valence-electron chi connectivity index (χ3n) is 2.51. The number of alkyl halides is 1. The maximum atomic E-state index is 5.95. The monoisotopic (exact) mass is 216 g/mol. The van der Waals surface area contributed by atoms with E-state index in [1.54, 1.807) is 4.68 Å². The minimum absolute atomic E-state index is 0.135. The molecule has 5 heteroatoms. The Morgan fingerprint density at radius 3 is 2.43 bits per heavy atom. The first-order chi connectivity index (χ1) is 6.52. The molecule has 0 saturated heterocycles. The van der Waals surface area contributed by atoms with Gasteiger partial charge in [0, 0.05) is 6.54 Å². The molecule has 1 heterocycles. The smallest absolute Gasteiger partial charge is 0.168 e. The second kappa shape index (κ2) is 4.73. The van der Waals surface area contributed by atoms with Crippen LogP contribution >= 0.6 is 11.6 Å². The van der Waals surface area contributed by atoms with E-state index in [2.05, 4.69) is 36.3 Å². The Labute approximate surface area is 89.6 Å². The fourth-order valence-electron chi connectivity index (χ4n) is 1.11. The van der Waals surface area contributed by atoms with Gasteiger partial charge in [-0.05, 0) is 29.2 Å². The zero-order chi connectivity index (χ0) is 10.7. The third-order valence-corrected chi connectivity index (χ3v) is 2.71. The van der Waals surface area contributed by atoms with Crippen molar-refractivity contribution in [3.05, 3.63) is 5.82 Å². The number of aromatic nitrogens is 4. The highest BCUT2D eigenvalue weighted by molar-refractivity contribution is 6.20. The van der Waals surface area contributed by atoms with E-state index in [9.17, 15) is 0 Å². The highest BCUT2D eigenvalue weighted by Crippen LogP contribution is 2.18. The molecular formula is C9H17ClN4. The largest absolute Gasteiger partial charge is 0.228 e. The van der Waals surface area contributed by atoms with Crippen LogP contribution in [0.3, 0.4) is 0 Å². The van der Waals surface area contributed by atoms with E-state index in [-0.39, 0.29) is 5.38 Å². The molecule has 2 unspecified atom stereocenters. The van der Waals surface area contributed by atoms with E-state index in [0.29, 0.717) is 11.8 Å². The third kappa shape index (κ3) is 2.67. The molecule has 80 valence electrons. The summed E-state index contributed by atoms with van der Waals surface area (Å²) in [5, 5.41) is 11.3. The molecule has 0 amide bonds. The van der Waals surface area contributed by atoms with Gasteiger partial charge in [0.15, 0.2) is 5.82 Å². The van der Waals surface area contributed by atoms with E-state index in [1.807, 2.05) is 6.92 Å². The van der Waals surface area contributed by atoms with Crippen molar-refractivity contribution < 1.29 is 0 Å². The van der Waals surface area contributed by atoms with Gasteiger partial charge < -0.3 is 0 Å². The molecule has 0 radical (unpaired) electrons. The van der Waals surface area contributed by atoms with Crippen molar-refractivity contribution in [3.63, 3.8) is 0 Å². The lowest BCUT2D eigenvalue weighted by molar-refractivity contribution is 0.339. The van der Waals surface area contributed by atoms with Crippen molar-refractivity contribution in [2.45, 2.75) is 39.6 Å². The maximum Gasteiger partial charge on any atom is 0.168 e. The highest BCUT2D eigenvalue weighted by Gasteiger charge is 2.15. The summed E-state index contributed by atoms with van der Waals surface area (Å²) >= 11 is 5.95. The zero-order valence-corrected chi connectivity index (χ0v) is 9.86. The van der Waals surface area contributed by atoms with Gasteiger partial charge in [0.1, 0.15) is 0 Å². The van der Waals surface area contributed by atoms with E-state index >= 15 is 0 Å². The van der Waals surface area contributed by atoms with Crippen molar-refractivity contribution in [2.24, 2.45) is 11.8 Å². The van der Waals surface area contributed by atoms with Gasteiger partial charge in [-0.25, -0.2) is 4.68 Å². The molecule has 14 heavy (non-hydrogen) atoms. The number of nitrogens with zero attached hydrogens (tertiary/aromatic N) is 4. The molecule has 0 aliphatic carbocycles. The number of rotatable bonds is 4. The van der Waals surface area contributed by atoms with E-state index in [0.717, 1.165) is 12.4 Å². The van der Waals surface area contributed by atoms with Gasteiger partial charge in [0.2, 0.25) is 0 Å². The predicted molar refractivity (Wildman–Crippen MR) is 56.1 cm³/mol. The van der Waals surface area contributed by atoms with Crippen molar-refractivity contribution >= 4 is 11.6 Å². The molecule has 1 rings (SSSR count). The maximum absolute atomic E-state index is 5.95. The first kappa shape index (κ1) is 11.4. The average molecular weight is 217 g/mol. The molecule has 0 aromatic carbocycles. The molecular weight excluding hydrogens is 200 g/mol. The summed E-state index contributed by atoms with van der Waals surface area (Å²) in [6.45, 7) is 9.29. The molecule has 4 nitrogen and oxygen atoms in total. The second-order valence-corrected chi connectivity index (χ2v) is 4.71. The van der Waals surface area contributed by atoms with Crippen LogP contribution in [0.1, 0.15) is 38.9 Å². The summed E-state index contributed by atoms with van der Waals surface area (Å²) in [6, 6.07) is 0. The molecule has 0 aliphatic heterocycles. The Morgan fingerprint density at radius 2 is 1.93 bits per heavy atom. The summed E-state index contributed by atoms with van der Waals surface area (Å²) in [7, 11) is 0. The van der Waals surface area contributed by atoms with Crippen molar-refractivity contribution in [1.82, 2.24) is 20.2 Å². The van der Waals surface area contributed by atoms with E-state index in [4.69, 9.17) is 11.6 Å². The van der Waals surface area contributed by atoms with Gasteiger partial charge in [-0.2, -0.15) is 0 Å². The fraction of sp³-hybridized carbons (Fsp3) is 0.889. The highest BCUT2D eigenvalue weighted by atomic mass is 35.5. The van der Waals surface area contributed by atoms with Gasteiger partial charge in [0.05, 0.1) is 5.38 Å². The van der Waals surface area contributed by atoms with Crippen molar-refractivity contribution in [1.29, 1.82) is 0 Å². The van der Waals surface area contributed by atoms with Crippen LogP contribution in [0, 0.1) is 11.8 Å². The van der Waals surface area contributed by atoms with Crippen LogP contribution in [0.5, 0.6) is 0 Å². The average Bonchev–Trinajstić information content (AvgIpc) is 2.52. The normalized spacial score (nSPS) is 15.9. The lowest BCUT2D eigenvalue weighted by Gasteiger charge is -2.16. The van der Waals surface area contributed by atoms with Crippen molar-refractivity contribution in [2.75, 3.05) is 0 Å². The standard InChI is InChI=1S/C9H17ClN4/c1-6(2)7(3)5-14-9(8(4)10)11-12-13-14/h6-8H,5H2,1-4H3. The molecule has 1 aromatic rings. The second-order valence-electron chi connectivity index (χ2n) is 4.06. The number of hydrogen-bond donors (Lipinski definition) is 0. The number of tetrazole rings is 1. The minimum Gasteiger partial charge on any atom is -0.228 e. The topological polar surface area (TPSA) is 43.6 Å². The van der Waals surface area contributed by atoms with Crippen LogP contribution in [0.15, 0.2) is 0 Å². The number of halogens is 1. The molecule has 1 aromatic heterocycles. The number of hydrogen-bond acceptors (Lipinski definition) is 3. The van der Waals surface area contributed by atoms with Crippen LogP contribution in [-0.2, 0) is 6.54 Å². The van der Waals surface area contributed by atoms with Crippen molar-refractivity contribution in [3.8, 4) is 0 Å². The molecule has 2 atom stereocenters. The van der Waals surface area contributed by atoms with Gasteiger partial charge in [-0.15, -0.1) is 16.7 Å². The fourth-order valence-corrected chi connectivity index (χ4v) is 1.27. The van der Waals surface area contributed by atoms with Gasteiger partial charge >= 0.3 is 0 Å². The van der Waals surface area contributed by atoms with Crippen LogP contribution in [-0.4, -0.2) is 20.2 Å². The van der Waals surface area contributed by atoms with Gasteiger partial charge in [-0.3, -0.25) is 0 Å². The molecule has 0 fully saturated rings. The SMILES string of the molecule is CC(Cl)c1nnnn1CC(C)C(C)C. The van der Waals surface area contributed by atoms with E-state index in [1.165, 1.54) is 0 Å². The lowest BCUT2D eigenvalue weighted by atomic mass is 9.98. The Kier molecular flexibility index (Phi) is 3.86. The van der Waals surface area contributed by atoms with Gasteiger partial charge in [0.25, 0.3) is 0 Å². The van der Waals surface area contributed by atoms with Gasteiger partial charge in [-0.1, -0.05) is 20.8 Å². The summed E-state index contributed by atoms with van der Waals surface area (Å²) in [4.78, 5) is 0. The first-order valence-electron chi connectivity index (χ1n) is 4.92. The van der Waals surface area contributed by atoms with Crippen LogP contribution in [0.2, 0.25) is 0 Å². The quantitative estimate of drug-likeness (QED) is 0.726. The molecule has 0 aliphatic rings. The Morgan fingerprint density at radius 1 is 1.29 bits per heavy atom. The minimum atomic E-state index is -0.135. The zero-order valence-electron chi connectivity index (χ0n) is 9.11. The summed E-state index contributed by atoms with van der Waals surface area (Å²) in [6.07, 6.45) is 0. The molecule has 0 bridgehead atoms. The Bertz CT molecular complexity index is 282. The van der Waals surface area contributed by atoms with Crippen LogP contribution in [0.25, 0.3) is 0 Å². The Hall–Kier alpha value is -0.640. The Balaban J connectivity index is 2.71. The summed E-state index contributed by atoms with van der Waals surface area (Å²) < 4.78 is 1.79. The molecule has 0 N–H and O–H groups in total. The summed E-state index contributed by atoms with van der Waals surface area (Å²) in [5.41, 5.74) is 0. The first-order valence-corrected chi connectivity index (χ1v) is 5.36. The molecule has 0 spiro atoms. The predicted octanol–water partition coefficient (Wildman–Crippen LogP) is 2.27.